The first-order valence-corrected chi connectivity index (χ1v) is 7.03. The molecule has 0 radical (unpaired) electrons. The Morgan fingerprint density at radius 1 is 1.10 bits per heavy atom. The number of hydrogen-bond acceptors (Lipinski definition) is 2. The maximum Gasteiger partial charge on any atom is 0.391 e. The minimum Gasteiger partial charge on any atom is -0.481 e. The van der Waals surface area contributed by atoms with Gasteiger partial charge in [0.2, 0.25) is 0 Å². The summed E-state index contributed by atoms with van der Waals surface area (Å²) in [6.07, 6.45) is -4.37. The van der Waals surface area contributed by atoms with Crippen LogP contribution in [0.1, 0.15) is 19.8 Å². The Kier molecular flexibility index (Phi) is 4.34. The van der Waals surface area contributed by atoms with Crippen molar-refractivity contribution in [3.8, 4) is 0 Å². The van der Waals surface area contributed by atoms with Crippen molar-refractivity contribution in [2.24, 2.45) is 17.8 Å². The van der Waals surface area contributed by atoms with Gasteiger partial charge in [0.25, 0.3) is 0 Å². The third-order valence-corrected chi connectivity index (χ3v) is 4.43. The molecule has 5 nitrogen and oxygen atoms in total. The molecule has 2 saturated heterocycles. The molecule has 120 valence electrons. The van der Waals surface area contributed by atoms with Crippen LogP contribution in [0.15, 0.2) is 0 Å². The second-order valence-electron chi connectivity index (χ2n) is 5.91. The molecule has 2 amide bonds. The van der Waals surface area contributed by atoms with Crippen molar-refractivity contribution in [1.29, 1.82) is 0 Å². The van der Waals surface area contributed by atoms with E-state index in [1.165, 1.54) is 9.80 Å². The van der Waals surface area contributed by atoms with E-state index >= 15 is 0 Å². The first-order valence-electron chi connectivity index (χ1n) is 7.03. The van der Waals surface area contributed by atoms with Gasteiger partial charge in [0.1, 0.15) is 0 Å². The van der Waals surface area contributed by atoms with Crippen molar-refractivity contribution >= 4 is 12.0 Å². The van der Waals surface area contributed by atoms with Gasteiger partial charge < -0.3 is 14.9 Å². The van der Waals surface area contributed by atoms with Crippen LogP contribution in [0, 0.1) is 17.8 Å². The van der Waals surface area contributed by atoms with Crippen LogP contribution in [0.3, 0.4) is 0 Å². The van der Waals surface area contributed by atoms with Crippen LogP contribution >= 0.6 is 0 Å². The van der Waals surface area contributed by atoms with Crippen molar-refractivity contribution in [3.05, 3.63) is 0 Å². The number of hydrogen-bond donors (Lipinski definition) is 1. The minimum absolute atomic E-state index is 0.0750. The topological polar surface area (TPSA) is 60.9 Å². The van der Waals surface area contributed by atoms with Crippen LogP contribution in [0.25, 0.3) is 0 Å². The molecule has 21 heavy (non-hydrogen) atoms. The molecule has 2 rings (SSSR count). The second-order valence-corrected chi connectivity index (χ2v) is 5.91. The zero-order valence-electron chi connectivity index (χ0n) is 11.8. The number of alkyl halides is 3. The van der Waals surface area contributed by atoms with Gasteiger partial charge in [0, 0.05) is 26.2 Å². The summed E-state index contributed by atoms with van der Waals surface area (Å²) in [5.41, 5.74) is 0. The fraction of sp³-hybridized carbons (Fsp3) is 0.846. The lowest BCUT2D eigenvalue weighted by molar-refractivity contribution is -0.183. The number of aliphatic carboxylic acids is 1. The van der Waals surface area contributed by atoms with Gasteiger partial charge in [-0.25, -0.2) is 4.79 Å². The molecule has 0 aromatic rings. The quantitative estimate of drug-likeness (QED) is 0.806. The number of likely N-dealkylation sites (tertiary alicyclic amines) is 2. The highest BCUT2D eigenvalue weighted by Crippen LogP contribution is 2.34. The predicted octanol–water partition coefficient (Wildman–Crippen LogP) is 2.03. The first-order chi connectivity index (χ1) is 9.70. The van der Waals surface area contributed by atoms with Crippen LogP contribution in [-0.4, -0.2) is 59.3 Å². The van der Waals surface area contributed by atoms with Gasteiger partial charge >= 0.3 is 18.2 Å². The number of rotatable bonds is 1. The SMILES string of the molecule is C[C@@H]1CN(C(=O)N2CCC(C(F)(F)F)CC2)C[C@H]1C(=O)O. The minimum atomic E-state index is -4.20. The lowest BCUT2D eigenvalue weighted by atomic mass is 9.96. The summed E-state index contributed by atoms with van der Waals surface area (Å²) < 4.78 is 37.7. The van der Waals surface area contributed by atoms with Crippen LogP contribution in [0.5, 0.6) is 0 Å². The number of carbonyl (C=O) groups excluding carboxylic acids is 1. The molecule has 0 aromatic carbocycles. The Morgan fingerprint density at radius 2 is 1.67 bits per heavy atom. The lowest BCUT2D eigenvalue weighted by Gasteiger charge is -2.35. The number of nitrogens with zero attached hydrogens (tertiary/aromatic N) is 2. The van der Waals surface area contributed by atoms with Gasteiger partial charge in [-0.05, 0) is 18.8 Å². The molecule has 2 atom stereocenters. The average molecular weight is 308 g/mol. The van der Waals surface area contributed by atoms with Gasteiger partial charge in [-0.1, -0.05) is 6.92 Å². The monoisotopic (exact) mass is 308 g/mol. The normalized spacial score (nSPS) is 28.0. The number of urea groups is 1. The molecule has 0 aliphatic carbocycles. The Balaban J connectivity index is 1.90. The van der Waals surface area contributed by atoms with Crippen molar-refractivity contribution in [2.75, 3.05) is 26.2 Å². The fourth-order valence-corrected chi connectivity index (χ4v) is 3.04. The maximum atomic E-state index is 12.6. The highest BCUT2D eigenvalue weighted by Gasteiger charge is 2.43. The highest BCUT2D eigenvalue weighted by atomic mass is 19.4. The van der Waals surface area contributed by atoms with E-state index in [4.69, 9.17) is 5.11 Å². The Bertz CT molecular complexity index is 419. The smallest absolute Gasteiger partial charge is 0.391 e. The van der Waals surface area contributed by atoms with E-state index in [2.05, 4.69) is 0 Å². The van der Waals surface area contributed by atoms with Gasteiger partial charge in [-0.3, -0.25) is 4.79 Å². The average Bonchev–Trinajstić information content (AvgIpc) is 2.79. The summed E-state index contributed by atoms with van der Waals surface area (Å²) in [6, 6.07) is -0.341. The van der Waals surface area contributed by atoms with Crippen molar-refractivity contribution in [3.63, 3.8) is 0 Å². The van der Waals surface area contributed by atoms with E-state index < -0.39 is 24.0 Å². The standard InChI is InChI=1S/C13H19F3N2O3/c1-8-6-18(7-10(8)11(19)20)12(21)17-4-2-9(3-5-17)13(14,15)16/h8-10H,2-7H2,1H3,(H,19,20)/t8-,10-/m1/s1. The van der Waals surface area contributed by atoms with Crippen LogP contribution in [-0.2, 0) is 4.79 Å². The molecule has 0 bridgehead atoms. The van der Waals surface area contributed by atoms with Crippen LogP contribution in [0.4, 0.5) is 18.0 Å². The Morgan fingerprint density at radius 3 is 2.10 bits per heavy atom. The van der Waals surface area contributed by atoms with Gasteiger partial charge in [0.05, 0.1) is 11.8 Å². The summed E-state index contributed by atoms with van der Waals surface area (Å²) >= 11 is 0. The molecule has 0 spiro atoms. The molecule has 2 aliphatic heterocycles. The van der Waals surface area contributed by atoms with Crippen LogP contribution < -0.4 is 0 Å². The lowest BCUT2D eigenvalue weighted by Crippen LogP contribution is -2.47. The number of piperidine rings is 1. The summed E-state index contributed by atoms with van der Waals surface area (Å²) in [4.78, 5) is 26.1. The van der Waals surface area contributed by atoms with Gasteiger partial charge in [0.15, 0.2) is 0 Å². The molecule has 2 fully saturated rings. The number of carboxylic acids is 1. The maximum absolute atomic E-state index is 12.6. The third kappa shape index (κ3) is 3.41. The van der Waals surface area contributed by atoms with Gasteiger partial charge in [-0.2, -0.15) is 13.2 Å². The summed E-state index contributed by atoms with van der Waals surface area (Å²) in [7, 11) is 0. The first kappa shape index (κ1) is 15.9. The number of carboxylic acid groups (broad SMARTS) is 1. The predicted molar refractivity (Wildman–Crippen MR) is 67.6 cm³/mol. The van der Waals surface area contributed by atoms with Crippen molar-refractivity contribution in [1.82, 2.24) is 9.80 Å². The zero-order valence-corrected chi connectivity index (χ0v) is 11.8. The molecule has 2 aliphatic rings. The van der Waals surface area contributed by atoms with E-state index in [9.17, 15) is 22.8 Å². The van der Waals surface area contributed by atoms with Crippen molar-refractivity contribution in [2.45, 2.75) is 25.9 Å². The molecular formula is C13H19F3N2O3. The van der Waals surface area contributed by atoms with E-state index in [0.717, 1.165) is 0 Å². The Hall–Kier alpha value is -1.47. The zero-order chi connectivity index (χ0) is 15.8. The van der Waals surface area contributed by atoms with Gasteiger partial charge in [-0.15, -0.1) is 0 Å². The molecule has 0 aromatic heterocycles. The molecule has 0 saturated carbocycles. The number of amides is 2. The molecule has 1 N–H and O–H groups in total. The Labute approximate surface area is 120 Å². The summed E-state index contributed by atoms with van der Waals surface area (Å²) in [5.74, 6) is -3.01. The van der Waals surface area contributed by atoms with E-state index in [1.54, 1.807) is 6.92 Å². The number of halogens is 3. The molecule has 8 heteroatoms. The largest absolute Gasteiger partial charge is 0.481 e. The highest BCUT2D eigenvalue weighted by molar-refractivity contribution is 5.77. The summed E-state index contributed by atoms with van der Waals surface area (Å²) in [6.45, 7) is 2.39. The van der Waals surface area contributed by atoms with Crippen molar-refractivity contribution < 1.29 is 27.9 Å². The summed E-state index contributed by atoms with van der Waals surface area (Å²) in [5, 5.41) is 9.04. The van der Waals surface area contributed by atoms with E-state index in [1.807, 2.05) is 0 Å². The van der Waals surface area contributed by atoms with Crippen LogP contribution in [0.2, 0.25) is 0 Å². The fourth-order valence-electron chi connectivity index (χ4n) is 3.04. The molecule has 0 unspecified atom stereocenters. The van der Waals surface area contributed by atoms with E-state index in [0.29, 0.717) is 6.54 Å². The molecule has 2 heterocycles. The molecular weight excluding hydrogens is 289 g/mol. The number of carbonyl (C=O) groups is 2. The van der Waals surface area contributed by atoms with E-state index in [-0.39, 0.29) is 44.4 Å². The second kappa shape index (κ2) is 5.73. The third-order valence-electron chi connectivity index (χ3n) is 4.43.